The summed E-state index contributed by atoms with van der Waals surface area (Å²) in [5, 5.41) is 25.9. The number of urea groups is 1. The van der Waals surface area contributed by atoms with Crippen LogP contribution >= 0.6 is 0 Å². The summed E-state index contributed by atoms with van der Waals surface area (Å²) in [5.41, 5.74) is 1.74. The number of nitrogens with one attached hydrogen (secondary N) is 3. The average Bonchev–Trinajstić information content (AvgIpc) is 3.53. The molecule has 55 heavy (non-hydrogen) atoms. The number of benzene rings is 1. The zero-order chi connectivity index (χ0) is 39.8. The van der Waals surface area contributed by atoms with Crippen molar-refractivity contribution in [1.29, 1.82) is 0 Å². The van der Waals surface area contributed by atoms with Crippen LogP contribution in [0, 0.1) is 0 Å². The Kier molecular flexibility index (Phi) is 27.5. The predicted octanol–water partition coefficient (Wildman–Crippen LogP) is 1.18. The molecule has 0 aromatic heterocycles. The number of aliphatic hydroxyl groups is 2. The highest BCUT2D eigenvalue weighted by Crippen LogP contribution is 2.24. The topological polar surface area (TPSA) is 205 Å². The quantitative estimate of drug-likeness (QED) is 0.0726. The summed E-state index contributed by atoms with van der Waals surface area (Å²) in [7, 11) is 0. The number of amides is 4. The van der Waals surface area contributed by atoms with Crippen LogP contribution < -0.4 is 20.9 Å². The molecular formula is C38H62N4O13. The third kappa shape index (κ3) is 22.6. The van der Waals surface area contributed by atoms with E-state index in [9.17, 15) is 14.4 Å². The highest BCUT2D eigenvalue weighted by atomic mass is 16.6. The monoisotopic (exact) mass is 782 g/mol. The van der Waals surface area contributed by atoms with Crippen molar-refractivity contribution in [3.05, 3.63) is 54.3 Å². The van der Waals surface area contributed by atoms with Crippen LogP contribution in [0.1, 0.15) is 36.5 Å². The van der Waals surface area contributed by atoms with Gasteiger partial charge in [-0.05, 0) is 49.6 Å². The maximum atomic E-state index is 12.3. The van der Waals surface area contributed by atoms with Crippen LogP contribution in [0.15, 0.2) is 48.7 Å². The van der Waals surface area contributed by atoms with Gasteiger partial charge < -0.3 is 64.1 Å². The number of hydrogen-bond donors (Lipinski definition) is 5. The van der Waals surface area contributed by atoms with Gasteiger partial charge in [0.05, 0.1) is 98.6 Å². The molecular weight excluding hydrogens is 720 g/mol. The SMILES string of the molecule is C=C1C=CC(=O)N1c1ccc(C(=O)NCCOCCOCCOCCOCCOCCNC(=O)NCCOCCOCCC)cc1.OCC1OCCCC1O. The summed E-state index contributed by atoms with van der Waals surface area (Å²) >= 11 is 0. The molecule has 17 nitrogen and oxygen atoms in total. The molecule has 2 aliphatic heterocycles. The second-order valence-corrected chi connectivity index (χ2v) is 12.1. The minimum Gasteiger partial charge on any atom is -0.394 e. The van der Waals surface area contributed by atoms with Crippen molar-refractivity contribution in [3.8, 4) is 0 Å². The van der Waals surface area contributed by atoms with Gasteiger partial charge in [-0.1, -0.05) is 13.5 Å². The normalized spacial score (nSPS) is 16.5. The molecule has 0 radical (unpaired) electrons. The Morgan fingerprint density at radius 3 is 1.64 bits per heavy atom. The number of hydrogen-bond acceptors (Lipinski definition) is 13. The number of anilines is 1. The van der Waals surface area contributed by atoms with Crippen molar-refractivity contribution in [2.24, 2.45) is 0 Å². The van der Waals surface area contributed by atoms with Crippen molar-refractivity contribution < 1.29 is 62.5 Å². The van der Waals surface area contributed by atoms with E-state index in [4.69, 9.17) is 48.1 Å². The van der Waals surface area contributed by atoms with Crippen LogP contribution in [-0.2, 0) is 42.7 Å². The van der Waals surface area contributed by atoms with Crippen molar-refractivity contribution in [2.75, 3.05) is 130 Å². The molecule has 2 heterocycles. The van der Waals surface area contributed by atoms with E-state index in [2.05, 4.69) is 29.5 Å². The summed E-state index contributed by atoms with van der Waals surface area (Å²) in [5.74, 6) is -0.381. The summed E-state index contributed by atoms with van der Waals surface area (Å²) in [6.45, 7) is 14.1. The number of allylic oxidation sites excluding steroid dienone is 1. The molecule has 0 bridgehead atoms. The van der Waals surface area contributed by atoms with E-state index in [1.165, 1.54) is 11.0 Å². The van der Waals surface area contributed by atoms with Crippen LogP contribution in [0.25, 0.3) is 0 Å². The lowest BCUT2D eigenvalue weighted by Gasteiger charge is -2.25. The molecule has 2 aliphatic rings. The van der Waals surface area contributed by atoms with Crippen molar-refractivity contribution >= 4 is 23.5 Å². The molecule has 1 fully saturated rings. The van der Waals surface area contributed by atoms with Gasteiger partial charge in [0.1, 0.15) is 6.10 Å². The van der Waals surface area contributed by atoms with Crippen molar-refractivity contribution in [2.45, 2.75) is 38.4 Å². The Labute approximate surface area is 324 Å². The molecule has 1 aromatic carbocycles. The molecule has 0 spiro atoms. The third-order valence-corrected chi connectivity index (χ3v) is 7.70. The standard InChI is InChI=1S/C32H50N4O10.C6H12O3/c1-3-13-40-17-18-42-15-11-34-32(39)35-12-16-43-20-22-45-24-26-46-25-23-44-21-19-41-14-10-33-31(38)28-5-7-29(8-6-28)36-27(2)4-9-30(36)37;7-4-6-5(8)2-1-3-9-6/h4-9H,2-3,10-26H2,1H3,(H,33,38)(H2,34,35,39);5-8H,1-4H2. The van der Waals surface area contributed by atoms with Gasteiger partial charge in [0.15, 0.2) is 0 Å². The lowest BCUT2D eigenvalue weighted by molar-refractivity contribution is -0.113. The summed E-state index contributed by atoms with van der Waals surface area (Å²) in [6.07, 6.45) is 4.96. The average molecular weight is 783 g/mol. The van der Waals surface area contributed by atoms with E-state index in [1.807, 2.05) is 0 Å². The second-order valence-electron chi connectivity index (χ2n) is 12.1. The number of rotatable bonds is 29. The number of carbonyl (C=O) groups is 3. The number of carbonyl (C=O) groups excluding carboxylic acids is 3. The zero-order valence-corrected chi connectivity index (χ0v) is 32.2. The molecule has 17 heteroatoms. The molecule has 3 rings (SSSR count). The maximum absolute atomic E-state index is 12.3. The van der Waals surface area contributed by atoms with Crippen LogP contribution in [0.4, 0.5) is 10.5 Å². The van der Waals surface area contributed by atoms with E-state index in [0.29, 0.717) is 129 Å². The fourth-order valence-corrected chi connectivity index (χ4v) is 4.83. The first-order valence-electron chi connectivity index (χ1n) is 18.9. The third-order valence-electron chi connectivity index (χ3n) is 7.70. The number of nitrogens with zero attached hydrogens (tertiary/aromatic N) is 1. The van der Waals surface area contributed by atoms with Crippen LogP contribution in [-0.4, -0.2) is 166 Å². The van der Waals surface area contributed by atoms with Gasteiger partial charge >= 0.3 is 6.03 Å². The van der Waals surface area contributed by atoms with E-state index >= 15 is 0 Å². The van der Waals surface area contributed by atoms with Gasteiger partial charge in [-0.25, -0.2) is 4.79 Å². The molecule has 1 saturated heterocycles. The van der Waals surface area contributed by atoms with E-state index in [0.717, 1.165) is 25.9 Å². The first kappa shape index (κ1) is 47.7. The van der Waals surface area contributed by atoms with Crippen LogP contribution in [0.3, 0.4) is 0 Å². The summed E-state index contributed by atoms with van der Waals surface area (Å²) in [6, 6.07) is 6.49. The lowest BCUT2D eigenvalue weighted by Crippen LogP contribution is -2.39. The number of ether oxygens (including phenoxy) is 8. The highest BCUT2D eigenvalue weighted by Gasteiger charge is 2.22. The zero-order valence-electron chi connectivity index (χ0n) is 32.2. The largest absolute Gasteiger partial charge is 0.394 e. The fraction of sp³-hybridized carbons (Fsp3) is 0.658. The van der Waals surface area contributed by atoms with Crippen molar-refractivity contribution in [3.63, 3.8) is 0 Å². The Bertz CT molecular complexity index is 1200. The van der Waals surface area contributed by atoms with E-state index < -0.39 is 6.10 Å². The molecule has 5 N–H and O–H groups in total. The lowest BCUT2D eigenvalue weighted by atomic mass is 10.1. The molecule has 0 saturated carbocycles. The minimum atomic E-state index is -0.455. The summed E-state index contributed by atoms with van der Waals surface area (Å²) in [4.78, 5) is 37.4. The number of aliphatic hydroxyl groups excluding tert-OH is 2. The van der Waals surface area contributed by atoms with Gasteiger partial charge in [0.2, 0.25) is 0 Å². The Morgan fingerprint density at radius 2 is 1.22 bits per heavy atom. The van der Waals surface area contributed by atoms with Crippen LogP contribution in [0.2, 0.25) is 0 Å². The predicted molar refractivity (Wildman–Crippen MR) is 204 cm³/mol. The van der Waals surface area contributed by atoms with Gasteiger partial charge in [0, 0.05) is 55.9 Å². The van der Waals surface area contributed by atoms with Gasteiger partial charge in [-0.2, -0.15) is 0 Å². The van der Waals surface area contributed by atoms with E-state index in [-0.39, 0.29) is 30.6 Å². The molecule has 312 valence electrons. The second kappa shape index (κ2) is 31.7. The smallest absolute Gasteiger partial charge is 0.314 e. The molecule has 0 aliphatic carbocycles. The highest BCUT2D eigenvalue weighted by molar-refractivity contribution is 6.08. The first-order chi connectivity index (χ1) is 26.9. The Hall–Kier alpha value is -3.49. The van der Waals surface area contributed by atoms with Crippen molar-refractivity contribution in [1.82, 2.24) is 16.0 Å². The molecule has 4 amide bonds. The Balaban J connectivity index is 0.00000101. The molecule has 1 aromatic rings. The Morgan fingerprint density at radius 1 is 0.745 bits per heavy atom. The van der Waals surface area contributed by atoms with Gasteiger partial charge in [-0.15, -0.1) is 0 Å². The first-order valence-corrected chi connectivity index (χ1v) is 18.9. The fourth-order valence-electron chi connectivity index (χ4n) is 4.83. The molecule has 2 unspecified atom stereocenters. The maximum Gasteiger partial charge on any atom is 0.314 e. The van der Waals surface area contributed by atoms with E-state index in [1.54, 1.807) is 30.3 Å². The van der Waals surface area contributed by atoms with Gasteiger partial charge in [-0.3, -0.25) is 14.5 Å². The molecule has 2 atom stereocenters. The van der Waals surface area contributed by atoms with Crippen LogP contribution in [0.5, 0.6) is 0 Å². The van der Waals surface area contributed by atoms with Gasteiger partial charge in [0.25, 0.3) is 11.8 Å². The summed E-state index contributed by atoms with van der Waals surface area (Å²) < 4.78 is 43.0. The minimum absolute atomic E-state index is 0.0683.